The van der Waals surface area contributed by atoms with E-state index in [9.17, 15) is 4.79 Å². The number of benzene rings is 1. The Bertz CT molecular complexity index is 1000. The number of piperidine rings is 1. The molecule has 0 unspecified atom stereocenters. The molecule has 0 saturated carbocycles. The zero-order chi connectivity index (χ0) is 18.8. The molecule has 7 heteroatoms. The molecule has 3 aromatic rings. The average molecular weight is 417 g/mol. The van der Waals surface area contributed by atoms with Gasteiger partial charge in [-0.15, -0.1) is 12.4 Å². The number of hydrogen-bond donors (Lipinski definition) is 1. The second kappa shape index (κ2) is 8.76. The Balaban J connectivity index is 0.00000225. The summed E-state index contributed by atoms with van der Waals surface area (Å²) in [4.78, 5) is 24.1. The van der Waals surface area contributed by atoms with E-state index < -0.39 is 0 Å². The number of rotatable bonds is 3. The molecule has 0 spiro atoms. The molecule has 1 aromatic carbocycles. The van der Waals surface area contributed by atoms with E-state index in [2.05, 4.69) is 15.3 Å². The molecule has 146 valence electrons. The van der Waals surface area contributed by atoms with Crippen molar-refractivity contribution in [2.24, 2.45) is 0 Å². The Labute approximate surface area is 175 Å². The van der Waals surface area contributed by atoms with Crippen LogP contribution in [0.25, 0.3) is 11.0 Å². The summed E-state index contributed by atoms with van der Waals surface area (Å²) in [5.41, 5.74) is 3.62. The van der Waals surface area contributed by atoms with Crippen LogP contribution in [0.3, 0.4) is 0 Å². The third-order valence-corrected chi connectivity index (χ3v) is 5.07. The van der Waals surface area contributed by atoms with Gasteiger partial charge in [0.05, 0.1) is 11.3 Å². The van der Waals surface area contributed by atoms with Gasteiger partial charge in [0.2, 0.25) is 0 Å². The van der Waals surface area contributed by atoms with Crippen LogP contribution in [0.1, 0.15) is 35.3 Å². The fourth-order valence-electron chi connectivity index (χ4n) is 3.45. The second-order valence-corrected chi connectivity index (χ2v) is 7.30. The van der Waals surface area contributed by atoms with Crippen LogP contribution in [-0.2, 0) is 0 Å². The maximum atomic E-state index is 13.2. The number of halogens is 2. The number of nitrogens with one attached hydrogen (secondary N) is 1. The first kappa shape index (κ1) is 20.4. The zero-order valence-corrected chi connectivity index (χ0v) is 17.2. The molecule has 28 heavy (non-hydrogen) atoms. The molecule has 1 aliphatic heterocycles. The van der Waals surface area contributed by atoms with Crippen LogP contribution in [-0.4, -0.2) is 33.9 Å². The van der Waals surface area contributed by atoms with Crippen molar-refractivity contribution in [3.8, 4) is 0 Å². The summed E-state index contributed by atoms with van der Waals surface area (Å²) in [5, 5.41) is 4.84. The molecule has 2 aromatic heterocycles. The third-order valence-electron chi connectivity index (χ3n) is 4.84. The lowest BCUT2D eigenvalue weighted by Crippen LogP contribution is -2.36. The molecule has 1 N–H and O–H groups in total. The number of aromatic nitrogens is 2. The van der Waals surface area contributed by atoms with E-state index in [4.69, 9.17) is 11.6 Å². The molecular formula is C21H22Cl2N4O. The first-order chi connectivity index (χ1) is 13.1. The van der Waals surface area contributed by atoms with Crippen molar-refractivity contribution in [1.29, 1.82) is 0 Å². The van der Waals surface area contributed by atoms with Crippen molar-refractivity contribution in [1.82, 2.24) is 14.9 Å². The largest absolute Gasteiger partial charge is 0.354 e. The van der Waals surface area contributed by atoms with Crippen molar-refractivity contribution >= 4 is 52.3 Å². The van der Waals surface area contributed by atoms with Crippen LogP contribution < -0.4 is 5.32 Å². The Hall–Kier alpha value is -2.37. The van der Waals surface area contributed by atoms with Gasteiger partial charge < -0.3 is 10.2 Å². The molecule has 1 amide bonds. The minimum atomic E-state index is 0. The maximum absolute atomic E-state index is 13.2. The molecule has 0 aliphatic carbocycles. The third kappa shape index (κ3) is 4.21. The summed E-state index contributed by atoms with van der Waals surface area (Å²) >= 11 is 6.13. The highest BCUT2D eigenvalue weighted by atomic mass is 35.5. The molecule has 1 fully saturated rings. The van der Waals surface area contributed by atoms with E-state index in [0.717, 1.165) is 48.4 Å². The average Bonchev–Trinajstić information content (AvgIpc) is 2.68. The molecule has 5 nitrogen and oxygen atoms in total. The van der Waals surface area contributed by atoms with Crippen molar-refractivity contribution in [3.05, 3.63) is 58.9 Å². The van der Waals surface area contributed by atoms with E-state index in [0.29, 0.717) is 16.2 Å². The Morgan fingerprint density at radius 3 is 2.68 bits per heavy atom. The normalized spacial score (nSPS) is 13.9. The summed E-state index contributed by atoms with van der Waals surface area (Å²) in [6.07, 6.45) is 4.91. The first-order valence-electron chi connectivity index (χ1n) is 9.20. The summed E-state index contributed by atoms with van der Waals surface area (Å²) in [6.45, 7) is 3.51. The van der Waals surface area contributed by atoms with Gasteiger partial charge in [0.1, 0.15) is 0 Å². The smallest absolute Gasteiger partial charge is 0.257 e. The van der Waals surface area contributed by atoms with Gasteiger partial charge >= 0.3 is 0 Å². The van der Waals surface area contributed by atoms with Gasteiger partial charge in [-0.3, -0.25) is 4.79 Å². The van der Waals surface area contributed by atoms with Crippen molar-refractivity contribution in [2.75, 3.05) is 18.4 Å². The number of nitrogens with zero attached hydrogens (tertiary/aromatic N) is 3. The topological polar surface area (TPSA) is 58.1 Å². The highest BCUT2D eigenvalue weighted by Gasteiger charge is 2.23. The highest BCUT2D eigenvalue weighted by Crippen LogP contribution is 2.31. The fourth-order valence-corrected chi connectivity index (χ4v) is 3.64. The molecule has 1 aliphatic rings. The fraction of sp³-hybridized carbons (Fsp3) is 0.286. The molecule has 4 rings (SSSR count). The quantitative estimate of drug-likeness (QED) is 0.622. The molecule has 0 radical (unpaired) electrons. The minimum Gasteiger partial charge on any atom is -0.354 e. The number of aryl methyl sites for hydroxylation is 1. The number of anilines is 2. The lowest BCUT2D eigenvalue weighted by molar-refractivity contribution is 0.0725. The van der Waals surface area contributed by atoms with E-state index in [1.807, 2.05) is 48.2 Å². The van der Waals surface area contributed by atoms with Crippen molar-refractivity contribution in [3.63, 3.8) is 0 Å². The van der Waals surface area contributed by atoms with Crippen molar-refractivity contribution < 1.29 is 4.79 Å². The zero-order valence-electron chi connectivity index (χ0n) is 15.6. The predicted octanol–water partition coefficient (Wildman–Crippen LogP) is 5.38. The monoisotopic (exact) mass is 416 g/mol. The van der Waals surface area contributed by atoms with E-state index in [1.54, 1.807) is 6.20 Å². The first-order valence-corrected chi connectivity index (χ1v) is 9.58. The number of carbonyl (C=O) groups excluding carboxylic acids is 1. The second-order valence-electron chi connectivity index (χ2n) is 6.86. The minimum absolute atomic E-state index is 0. The SMILES string of the molecule is Cc1ccc2c(Nc3cccc(Cl)c3)c(C(=O)N3CCCCC3)cnc2n1.Cl. The van der Waals surface area contributed by atoms with Crippen LogP contribution >= 0.6 is 24.0 Å². The van der Waals surface area contributed by atoms with E-state index in [1.165, 1.54) is 6.42 Å². The van der Waals surface area contributed by atoms with Gasteiger partial charge in [-0.2, -0.15) is 0 Å². The van der Waals surface area contributed by atoms with E-state index in [-0.39, 0.29) is 18.3 Å². The van der Waals surface area contributed by atoms with Crippen LogP contribution in [0.15, 0.2) is 42.6 Å². The Morgan fingerprint density at radius 2 is 1.93 bits per heavy atom. The summed E-state index contributed by atoms with van der Waals surface area (Å²) in [7, 11) is 0. The number of amides is 1. The molecular weight excluding hydrogens is 395 g/mol. The molecule has 0 atom stereocenters. The molecule has 0 bridgehead atoms. The van der Waals surface area contributed by atoms with Gasteiger partial charge in [-0.1, -0.05) is 17.7 Å². The standard InChI is InChI=1S/C21H21ClN4O.ClH/c1-14-8-9-17-19(25-16-7-5-6-15(22)12-16)18(13-23-20(17)24-14)21(27)26-10-3-2-4-11-26;/h5-9,12-13H,2-4,10-11H2,1H3,(H,23,24,25);1H. The Kier molecular flexibility index (Phi) is 6.37. The lowest BCUT2D eigenvalue weighted by atomic mass is 10.1. The number of carbonyl (C=O) groups is 1. The van der Waals surface area contributed by atoms with Gasteiger partial charge in [0.25, 0.3) is 5.91 Å². The summed E-state index contributed by atoms with van der Waals surface area (Å²) < 4.78 is 0. The number of fused-ring (bicyclic) bond motifs is 1. The lowest BCUT2D eigenvalue weighted by Gasteiger charge is -2.27. The van der Waals surface area contributed by atoms with Crippen molar-refractivity contribution in [2.45, 2.75) is 26.2 Å². The van der Waals surface area contributed by atoms with Crippen LogP contribution in [0.5, 0.6) is 0 Å². The van der Waals surface area contributed by atoms with Gasteiger partial charge in [-0.05, 0) is 56.5 Å². The summed E-state index contributed by atoms with van der Waals surface area (Å²) in [6, 6.07) is 11.4. The van der Waals surface area contributed by atoms with Crippen LogP contribution in [0.2, 0.25) is 5.02 Å². The number of hydrogen-bond acceptors (Lipinski definition) is 4. The number of pyridine rings is 2. The van der Waals surface area contributed by atoms with Gasteiger partial charge in [-0.25, -0.2) is 9.97 Å². The Morgan fingerprint density at radius 1 is 1.14 bits per heavy atom. The summed E-state index contributed by atoms with van der Waals surface area (Å²) in [5.74, 6) is 0.00852. The molecule has 1 saturated heterocycles. The molecule has 3 heterocycles. The van der Waals surface area contributed by atoms with Gasteiger partial charge in [0.15, 0.2) is 5.65 Å². The van der Waals surface area contributed by atoms with Crippen LogP contribution in [0.4, 0.5) is 11.4 Å². The highest BCUT2D eigenvalue weighted by molar-refractivity contribution is 6.30. The predicted molar refractivity (Wildman–Crippen MR) is 116 cm³/mol. The van der Waals surface area contributed by atoms with Crippen LogP contribution in [0, 0.1) is 6.92 Å². The number of likely N-dealkylation sites (tertiary alicyclic amines) is 1. The van der Waals surface area contributed by atoms with E-state index >= 15 is 0 Å². The van der Waals surface area contributed by atoms with Gasteiger partial charge in [0, 0.05) is 41.1 Å². The maximum Gasteiger partial charge on any atom is 0.257 e.